The minimum atomic E-state index is -1.73. The van der Waals surface area contributed by atoms with Crippen LogP contribution in [0.2, 0.25) is 0 Å². The number of hydrogen-bond acceptors (Lipinski definition) is 8. The van der Waals surface area contributed by atoms with Crippen LogP contribution in [0.5, 0.6) is 0 Å². The quantitative estimate of drug-likeness (QED) is 0.283. The lowest BCUT2D eigenvalue weighted by atomic mass is 9.79. The fraction of sp³-hybridized carbons (Fsp3) is 0.0455. The van der Waals surface area contributed by atoms with Gasteiger partial charge in [0.15, 0.2) is 5.65 Å². The summed E-state index contributed by atoms with van der Waals surface area (Å²) in [5.74, 6) is 0.333. The number of anilines is 1. The predicted molar refractivity (Wildman–Crippen MR) is 124 cm³/mol. The van der Waals surface area contributed by atoms with Gasteiger partial charge in [0.25, 0.3) is 5.91 Å². The van der Waals surface area contributed by atoms with E-state index in [-0.39, 0.29) is 28.3 Å². The van der Waals surface area contributed by atoms with Crippen LogP contribution in [-0.4, -0.2) is 47.6 Å². The first-order chi connectivity index (χ1) is 16.0. The van der Waals surface area contributed by atoms with Gasteiger partial charge in [0.05, 0.1) is 11.1 Å². The first kappa shape index (κ1) is 20.6. The summed E-state index contributed by atoms with van der Waals surface area (Å²) in [5, 5.41) is 32.0. The molecule has 0 bridgehead atoms. The molecule has 5 N–H and O–H groups in total. The molecule has 10 nitrogen and oxygen atoms in total. The van der Waals surface area contributed by atoms with Crippen molar-refractivity contribution in [1.29, 1.82) is 0 Å². The Kier molecular flexibility index (Phi) is 5.17. The number of nitrogens with two attached hydrogens (primary N) is 1. The van der Waals surface area contributed by atoms with E-state index in [4.69, 9.17) is 5.73 Å². The van der Waals surface area contributed by atoms with E-state index in [1.54, 1.807) is 40.9 Å². The second-order valence-corrected chi connectivity index (χ2v) is 7.36. The summed E-state index contributed by atoms with van der Waals surface area (Å²) in [5.41, 5.74) is 7.58. The molecule has 0 spiro atoms. The second kappa shape index (κ2) is 8.30. The molecular weight excluding hydrogens is 421 g/mol. The molecule has 0 unspecified atom stereocenters. The SMILES string of the molecule is NC(=O)c1cccn2c(-c3nc(NCc4ccccc4)c4cccc(B(O)O)c4n3)nnc12. The number of nitrogens with one attached hydrogen (secondary N) is 1. The highest BCUT2D eigenvalue weighted by atomic mass is 16.4. The number of nitrogens with zero attached hydrogens (tertiary/aromatic N) is 5. The van der Waals surface area contributed by atoms with Crippen molar-refractivity contribution in [3.63, 3.8) is 0 Å². The molecule has 5 rings (SSSR count). The van der Waals surface area contributed by atoms with Gasteiger partial charge in [0.2, 0.25) is 11.6 Å². The zero-order valence-electron chi connectivity index (χ0n) is 17.3. The van der Waals surface area contributed by atoms with Crippen molar-refractivity contribution in [3.05, 3.63) is 78.0 Å². The molecule has 3 aromatic heterocycles. The number of carbonyl (C=O) groups excluding carboxylic acids is 1. The molecule has 162 valence electrons. The van der Waals surface area contributed by atoms with E-state index in [1.165, 1.54) is 0 Å². The zero-order valence-corrected chi connectivity index (χ0v) is 17.3. The fourth-order valence-corrected chi connectivity index (χ4v) is 3.66. The number of hydrogen-bond donors (Lipinski definition) is 4. The maximum atomic E-state index is 11.8. The second-order valence-electron chi connectivity index (χ2n) is 7.36. The highest BCUT2D eigenvalue weighted by molar-refractivity contribution is 6.61. The van der Waals surface area contributed by atoms with Gasteiger partial charge >= 0.3 is 7.12 Å². The number of fused-ring (bicyclic) bond motifs is 2. The van der Waals surface area contributed by atoms with Crippen molar-refractivity contribution in [2.45, 2.75) is 6.54 Å². The highest BCUT2D eigenvalue weighted by Crippen LogP contribution is 2.25. The minimum Gasteiger partial charge on any atom is -0.423 e. The van der Waals surface area contributed by atoms with Crippen LogP contribution in [0, 0.1) is 0 Å². The third kappa shape index (κ3) is 3.75. The van der Waals surface area contributed by atoms with Crippen LogP contribution in [0.25, 0.3) is 28.2 Å². The average Bonchev–Trinajstić information content (AvgIpc) is 3.26. The van der Waals surface area contributed by atoms with E-state index in [0.29, 0.717) is 23.3 Å². The van der Waals surface area contributed by atoms with Gasteiger partial charge in [-0.05, 0) is 23.8 Å². The molecule has 11 heteroatoms. The number of rotatable bonds is 6. The van der Waals surface area contributed by atoms with Crippen LogP contribution in [0.1, 0.15) is 15.9 Å². The lowest BCUT2D eigenvalue weighted by Crippen LogP contribution is -2.31. The number of para-hydroxylation sites is 1. The summed E-state index contributed by atoms with van der Waals surface area (Å²) >= 11 is 0. The van der Waals surface area contributed by atoms with Crippen LogP contribution in [0.3, 0.4) is 0 Å². The molecule has 5 aromatic rings. The van der Waals surface area contributed by atoms with Crippen molar-refractivity contribution in [1.82, 2.24) is 24.6 Å². The smallest absolute Gasteiger partial charge is 0.423 e. The molecule has 2 aromatic carbocycles. The van der Waals surface area contributed by atoms with Crippen molar-refractivity contribution >= 4 is 40.9 Å². The molecular formula is C22H18BN7O3. The third-order valence-corrected chi connectivity index (χ3v) is 5.24. The van der Waals surface area contributed by atoms with Crippen molar-refractivity contribution in [2.24, 2.45) is 5.73 Å². The van der Waals surface area contributed by atoms with Gasteiger partial charge in [-0.25, -0.2) is 9.97 Å². The zero-order chi connectivity index (χ0) is 22.9. The van der Waals surface area contributed by atoms with Gasteiger partial charge in [-0.3, -0.25) is 9.20 Å². The molecule has 0 aliphatic rings. The van der Waals surface area contributed by atoms with Gasteiger partial charge in [0, 0.05) is 23.6 Å². The molecule has 0 radical (unpaired) electrons. The molecule has 0 aliphatic heterocycles. The van der Waals surface area contributed by atoms with E-state index in [9.17, 15) is 14.8 Å². The van der Waals surface area contributed by atoms with E-state index < -0.39 is 13.0 Å². The van der Waals surface area contributed by atoms with Gasteiger partial charge in [-0.1, -0.05) is 42.5 Å². The summed E-state index contributed by atoms with van der Waals surface area (Å²) in [6.45, 7) is 0.491. The van der Waals surface area contributed by atoms with Crippen molar-refractivity contribution in [3.8, 4) is 11.6 Å². The van der Waals surface area contributed by atoms with Crippen molar-refractivity contribution < 1.29 is 14.8 Å². The predicted octanol–water partition coefficient (Wildman–Crippen LogP) is 0.730. The Labute approximate surface area is 187 Å². The number of amides is 1. The number of aromatic nitrogens is 5. The van der Waals surface area contributed by atoms with Crippen LogP contribution >= 0.6 is 0 Å². The summed E-state index contributed by atoms with van der Waals surface area (Å²) in [6, 6.07) is 18.1. The molecule has 0 saturated heterocycles. The van der Waals surface area contributed by atoms with Crippen molar-refractivity contribution in [2.75, 3.05) is 5.32 Å². The lowest BCUT2D eigenvalue weighted by Gasteiger charge is -2.13. The summed E-state index contributed by atoms with van der Waals surface area (Å²) in [4.78, 5) is 21.0. The van der Waals surface area contributed by atoms with E-state index >= 15 is 0 Å². The Morgan fingerprint density at radius 1 is 1.00 bits per heavy atom. The molecule has 0 aliphatic carbocycles. The number of benzene rings is 2. The van der Waals surface area contributed by atoms with E-state index in [0.717, 1.165) is 5.56 Å². The molecule has 0 fully saturated rings. The Morgan fingerprint density at radius 3 is 2.58 bits per heavy atom. The third-order valence-electron chi connectivity index (χ3n) is 5.24. The highest BCUT2D eigenvalue weighted by Gasteiger charge is 2.22. The standard InChI is InChI=1S/C22H18BN7O3/c24-18(31)15-9-5-11-30-21(15)28-29-22(30)20-26-17-14(8-4-10-16(17)23(32)33)19(27-20)25-12-13-6-2-1-3-7-13/h1-11,32-33H,12H2,(H2,24,31)(H,25,26,27). The van der Waals surface area contributed by atoms with Crippen LogP contribution in [-0.2, 0) is 6.54 Å². The van der Waals surface area contributed by atoms with Crippen LogP contribution in [0.4, 0.5) is 5.82 Å². The van der Waals surface area contributed by atoms with E-state index in [2.05, 4.69) is 25.5 Å². The monoisotopic (exact) mass is 439 g/mol. The first-order valence-corrected chi connectivity index (χ1v) is 10.1. The average molecular weight is 439 g/mol. The van der Waals surface area contributed by atoms with Gasteiger partial charge < -0.3 is 21.1 Å². The van der Waals surface area contributed by atoms with Gasteiger partial charge in [-0.15, -0.1) is 10.2 Å². The Balaban J connectivity index is 1.70. The topological polar surface area (TPSA) is 152 Å². The Morgan fingerprint density at radius 2 is 1.82 bits per heavy atom. The maximum Gasteiger partial charge on any atom is 0.490 e. The molecule has 33 heavy (non-hydrogen) atoms. The Hall–Kier alpha value is -4.35. The van der Waals surface area contributed by atoms with Crippen LogP contribution < -0.4 is 16.5 Å². The first-order valence-electron chi connectivity index (χ1n) is 10.1. The Bertz CT molecular complexity index is 1490. The normalized spacial score (nSPS) is 11.1. The summed E-state index contributed by atoms with van der Waals surface area (Å²) in [6.07, 6.45) is 1.68. The lowest BCUT2D eigenvalue weighted by molar-refractivity contribution is 0.100. The maximum absolute atomic E-state index is 11.8. The van der Waals surface area contributed by atoms with Gasteiger partial charge in [-0.2, -0.15) is 0 Å². The summed E-state index contributed by atoms with van der Waals surface area (Å²) < 4.78 is 1.57. The number of primary amides is 1. The minimum absolute atomic E-state index is 0.195. The van der Waals surface area contributed by atoms with Crippen LogP contribution in [0.15, 0.2) is 66.9 Å². The molecule has 3 heterocycles. The largest absolute Gasteiger partial charge is 0.490 e. The number of carbonyl (C=O) groups is 1. The molecule has 0 saturated carbocycles. The number of pyridine rings is 1. The summed E-state index contributed by atoms with van der Waals surface area (Å²) in [7, 11) is -1.73. The molecule has 0 atom stereocenters. The van der Waals surface area contributed by atoms with E-state index in [1.807, 2.05) is 30.3 Å². The fourth-order valence-electron chi connectivity index (χ4n) is 3.66. The van der Waals surface area contributed by atoms with Gasteiger partial charge in [0.1, 0.15) is 5.82 Å². The molecule has 1 amide bonds.